The van der Waals surface area contributed by atoms with Crippen LogP contribution < -0.4 is 5.48 Å². The largest absolute Gasteiger partial charge is 0.517 e. The summed E-state index contributed by atoms with van der Waals surface area (Å²) in [4.78, 5) is 0. The predicted octanol–water partition coefficient (Wildman–Crippen LogP) is 11.6. The Labute approximate surface area is 264 Å². The Morgan fingerprint density at radius 1 is 0.634 bits per heavy atom. The smallest absolute Gasteiger partial charge is 0.373 e. The fraction of sp³-hybridized carbons (Fsp3) is 1.00. The lowest BCUT2D eigenvalue weighted by atomic mass is 9.97. The molecule has 0 spiro atoms. The van der Waals surface area contributed by atoms with E-state index in [4.69, 9.17) is 13.4 Å². The predicted molar refractivity (Wildman–Crippen MR) is 185 cm³/mol. The van der Waals surface area contributed by atoms with E-state index in [0.717, 1.165) is 50.8 Å². The number of hydroxylamine groups is 1. The van der Waals surface area contributed by atoms with Crippen LogP contribution in [-0.2, 0) is 13.4 Å². The van der Waals surface area contributed by atoms with Gasteiger partial charge in [0.05, 0.1) is 0 Å². The zero-order valence-electron chi connectivity index (χ0n) is 27.9. The van der Waals surface area contributed by atoms with Crippen LogP contribution in [0.3, 0.4) is 0 Å². The van der Waals surface area contributed by atoms with Crippen molar-refractivity contribution < 1.29 is 13.4 Å². The van der Waals surface area contributed by atoms with Gasteiger partial charge in [-0.25, -0.2) is 5.48 Å². The molecular formula is C35H73NO3SSi. The first kappa shape index (κ1) is 39.4. The number of hydrogen-bond donors (Lipinski definition) is 2. The van der Waals surface area contributed by atoms with E-state index in [2.05, 4.69) is 32.0 Å². The van der Waals surface area contributed by atoms with Gasteiger partial charge in [0.1, 0.15) is 0 Å². The van der Waals surface area contributed by atoms with E-state index in [1.807, 2.05) is 0 Å². The standard InChI is InChI=1S/C35H73NO3SSi/c1-3-5-7-9-11-13-14-15-16-17-18-19-20-22-24-26-30-37-41(33-27-32-40)38-31-29-35(34-36-39-41)28-25-23-21-12-10-8-6-4-2/h35-36,40H,3-34H2,1-2H3. The summed E-state index contributed by atoms with van der Waals surface area (Å²) in [5, 5.41) is 0. The molecule has 246 valence electrons. The molecule has 0 bridgehead atoms. The molecule has 1 aliphatic rings. The average Bonchev–Trinajstić information content (AvgIpc) is 2.97. The third kappa shape index (κ3) is 24.4. The molecule has 1 rings (SSSR count). The zero-order valence-corrected chi connectivity index (χ0v) is 29.8. The Bertz CT molecular complexity index is 518. The van der Waals surface area contributed by atoms with Crippen molar-refractivity contribution in [1.29, 1.82) is 0 Å². The van der Waals surface area contributed by atoms with E-state index in [0.29, 0.717) is 5.92 Å². The van der Waals surface area contributed by atoms with Gasteiger partial charge in [-0.2, -0.15) is 12.6 Å². The molecule has 0 aromatic carbocycles. The van der Waals surface area contributed by atoms with Crippen LogP contribution in [0.5, 0.6) is 0 Å². The SMILES string of the molecule is CCCCCCCCCCCCCCCCCCO[Si]1(CCCS)OCCC(CCCCCCCCCC)CNO1. The van der Waals surface area contributed by atoms with Gasteiger partial charge in [0.15, 0.2) is 0 Å². The average molecular weight is 616 g/mol. The van der Waals surface area contributed by atoms with Crippen LogP contribution in [-0.4, -0.2) is 34.3 Å². The number of hydrogen-bond acceptors (Lipinski definition) is 5. The Balaban J connectivity index is 2.05. The molecule has 2 atom stereocenters. The van der Waals surface area contributed by atoms with Crippen molar-refractivity contribution in [2.75, 3.05) is 25.5 Å². The Kier molecular flexibility index (Phi) is 29.3. The maximum absolute atomic E-state index is 6.41. The van der Waals surface area contributed by atoms with Gasteiger partial charge < -0.3 is 8.85 Å². The van der Waals surface area contributed by atoms with E-state index in [1.165, 1.54) is 154 Å². The van der Waals surface area contributed by atoms with Gasteiger partial charge in [-0.3, -0.25) is 4.53 Å². The molecular weight excluding hydrogens is 543 g/mol. The maximum atomic E-state index is 6.41. The molecule has 1 fully saturated rings. The van der Waals surface area contributed by atoms with Gasteiger partial charge in [-0.05, 0) is 37.4 Å². The van der Waals surface area contributed by atoms with Crippen molar-refractivity contribution in [2.45, 2.75) is 193 Å². The van der Waals surface area contributed by atoms with Crippen LogP contribution >= 0.6 is 12.6 Å². The van der Waals surface area contributed by atoms with E-state index >= 15 is 0 Å². The molecule has 1 heterocycles. The van der Waals surface area contributed by atoms with Crippen LogP contribution in [0.2, 0.25) is 6.04 Å². The van der Waals surface area contributed by atoms with Gasteiger partial charge in [0.2, 0.25) is 0 Å². The van der Waals surface area contributed by atoms with Gasteiger partial charge >= 0.3 is 8.80 Å². The monoisotopic (exact) mass is 616 g/mol. The lowest BCUT2D eigenvalue weighted by molar-refractivity contribution is -0.00441. The van der Waals surface area contributed by atoms with Crippen LogP contribution in [0, 0.1) is 5.92 Å². The fourth-order valence-corrected chi connectivity index (χ4v) is 8.88. The molecule has 4 nitrogen and oxygen atoms in total. The molecule has 1 aliphatic heterocycles. The molecule has 0 amide bonds. The molecule has 6 heteroatoms. The Morgan fingerprint density at radius 3 is 1.59 bits per heavy atom. The highest BCUT2D eigenvalue weighted by Crippen LogP contribution is 2.24. The van der Waals surface area contributed by atoms with Crippen LogP contribution in [0.4, 0.5) is 0 Å². The first-order valence-corrected chi connectivity index (χ1v) is 21.1. The van der Waals surface area contributed by atoms with Gasteiger partial charge in [-0.1, -0.05) is 162 Å². The summed E-state index contributed by atoms with van der Waals surface area (Å²) in [6.45, 7) is 7.06. The molecule has 0 aromatic heterocycles. The van der Waals surface area contributed by atoms with Crippen molar-refractivity contribution in [3.8, 4) is 0 Å². The lowest BCUT2D eigenvalue weighted by Gasteiger charge is -2.33. The van der Waals surface area contributed by atoms with E-state index in [-0.39, 0.29) is 0 Å². The lowest BCUT2D eigenvalue weighted by Crippen LogP contribution is -2.52. The molecule has 41 heavy (non-hydrogen) atoms. The highest BCUT2D eigenvalue weighted by molar-refractivity contribution is 7.80. The normalized spacial score (nSPS) is 19.8. The Hall–Kier alpha value is 0.407. The molecule has 1 N–H and O–H groups in total. The highest BCUT2D eigenvalue weighted by atomic mass is 32.1. The van der Waals surface area contributed by atoms with E-state index < -0.39 is 8.80 Å². The Morgan fingerprint density at radius 2 is 1.10 bits per heavy atom. The summed E-state index contributed by atoms with van der Waals surface area (Å²) < 4.78 is 19.1. The summed E-state index contributed by atoms with van der Waals surface area (Å²) >= 11 is 4.44. The molecule has 0 saturated carbocycles. The molecule has 0 aromatic rings. The summed E-state index contributed by atoms with van der Waals surface area (Å²) in [7, 11) is -2.64. The minimum atomic E-state index is -2.64. The van der Waals surface area contributed by atoms with E-state index in [9.17, 15) is 0 Å². The number of rotatable bonds is 30. The van der Waals surface area contributed by atoms with Gasteiger partial charge in [0.25, 0.3) is 0 Å². The van der Waals surface area contributed by atoms with Gasteiger partial charge in [-0.15, -0.1) is 0 Å². The molecule has 0 radical (unpaired) electrons. The summed E-state index contributed by atoms with van der Waals surface area (Å²) in [6, 6.07) is 0.866. The second-order valence-electron chi connectivity index (χ2n) is 12.9. The van der Waals surface area contributed by atoms with Gasteiger partial charge in [0, 0.05) is 25.8 Å². The number of thiol groups is 1. The van der Waals surface area contributed by atoms with Crippen molar-refractivity contribution >= 4 is 21.4 Å². The number of unbranched alkanes of at least 4 members (excludes halogenated alkanes) is 22. The molecule has 2 unspecified atom stereocenters. The maximum Gasteiger partial charge on any atom is 0.517 e. The first-order valence-electron chi connectivity index (χ1n) is 18.6. The molecule has 0 aliphatic carbocycles. The van der Waals surface area contributed by atoms with Crippen molar-refractivity contribution in [3.05, 3.63) is 0 Å². The first-order chi connectivity index (χ1) is 20.3. The van der Waals surface area contributed by atoms with Crippen molar-refractivity contribution in [2.24, 2.45) is 5.92 Å². The number of nitrogens with one attached hydrogen (secondary N) is 1. The van der Waals surface area contributed by atoms with E-state index in [1.54, 1.807) is 0 Å². The minimum Gasteiger partial charge on any atom is -0.373 e. The van der Waals surface area contributed by atoms with Crippen LogP contribution in [0.25, 0.3) is 0 Å². The summed E-state index contributed by atoms with van der Waals surface area (Å²) in [6.07, 6.45) is 36.7. The quantitative estimate of drug-likeness (QED) is 0.0479. The summed E-state index contributed by atoms with van der Waals surface area (Å²) in [5.74, 6) is 1.50. The highest BCUT2D eigenvalue weighted by Gasteiger charge is 2.42. The second-order valence-corrected chi connectivity index (χ2v) is 16.0. The second kappa shape index (κ2) is 30.4. The third-order valence-electron chi connectivity index (χ3n) is 8.87. The van der Waals surface area contributed by atoms with Crippen molar-refractivity contribution in [3.63, 3.8) is 0 Å². The zero-order chi connectivity index (χ0) is 29.5. The van der Waals surface area contributed by atoms with Crippen LogP contribution in [0.15, 0.2) is 0 Å². The van der Waals surface area contributed by atoms with Crippen LogP contribution in [0.1, 0.15) is 187 Å². The fourth-order valence-electron chi connectivity index (χ4n) is 6.04. The minimum absolute atomic E-state index is 0.646. The topological polar surface area (TPSA) is 39.7 Å². The van der Waals surface area contributed by atoms with Crippen molar-refractivity contribution in [1.82, 2.24) is 5.48 Å². The summed E-state index contributed by atoms with van der Waals surface area (Å²) in [5.41, 5.74) is 3.31. The molecule has 1 saturated heterocycles. The third-order valence-corrected chi connectivity index (χ3v) is 11.9.